The molecular formula is C12H26N2O3S. The predicted octanol–water partition coefficient (Wildman–Crippen LogP) is 1.37. The van der Waals surface area contributed by atoms with Gasteiger partial charge in [-0.3, -0.25) is 0 Å². The minimum Gasteiger partial charge on any atom is -0.377 e. The Labute approximate surface area is 111 Å². The van der Waals surface area contributed by atoms with Crippen molar-refractivity contribution in [3.8, 4) is 0 Å². The Morgan fingerprint density at radius 3 is 2.61 bits per heavy atom. The lowest BCUT2D eigenvalue weighted by Crippen LogP contribution is -2.40. The molecule has 1 fully saturated rings. The summed E-state index contributed by atoms with van der Waals surface area (Å²) < 4.78 is 32.9. The Bertz CT molecular complexity index is 332. The van der Waals surface area contributed by atoms with Crippen LogP contribution in [-0.4, -0.2) is 45.6 Å². The summed E-state index contributed by atoms with van der Waals surface area (Å²) in [6.07, 6.45) is 5.12. The maximum absolute atomic E-state index is 11.6. The summed E-state index contributed by atoms with van der Waals surface area (Å²) in [7, 11) is -1.76. The number of rotatable bonds is 7. The molecule has 0 aromatic heterocycles. The van der Waals surface area contributed by atoms with Crippen molar-refractivity contribution in [2.75, 3.05) is 26.7 Å². The fourth-order valence-corrected chi connectivity index (χ4v) is 3.09. The van der Waals surface area contributed by atoms with Gasteiger partial charge in [0, 0.05) is 20.1 Å². The molecule has 6 heteroatoms. The van der Waals surface area contributed by atoms with Crippen molar-refractivity contribution in [2.24, 2.45) is 5.92 Å². The van der Waals surface area contributed by atoms with Crippen LogP contribution in [0.2, 0.25) is 0 Å². The van der Waals surface area contributed by atoms with Gasteiger partial charge in [-0.15, -0.1) is 0 Å². The molecule has 2 atom stereocenters. The largest absolute Gasteiger partial charge is 0.377 e. The molecule has 0 bridgehead atoms. The summed E-state index contributed by atoms with van der Waals surface area (Å²) in [4.78, 5) is 0. The van der Waals surface area contributed by atoms with Gasteiger partial charge in [0.2, 0.25) is 0 Å². The fourth-order valence-electron chi connectivity index (χ4n) is 2.19. The Balaban J connectivity index is 2.22. The van der Waals surface area contributed by atoms with Gasteiger partial charge in [-0.1, -0.05) is 26.7 Å². The van der Waals surface area contributed by atoms with Gasteiger partial charge in [0.15, 0.2) is 0 Å². The third-order valence-electron chi connectivity index (χ3n) is 3.61. The number of ether oxygens (including phenoxy) is 1. The molecule has 0 amide bonds. The van der Waals surface area contributed by atoms with E-state index in [1.807, 2.05) is 0 Å². The summed E-state index contributed by atoms with van der Waals surface area (Å²) in [5.41, 5.74) is 0. The monoisotopic (exact) mass is 278 g/mol. The first-order valence-electron chi connectivity index (χ1n) is 6.80. The van der Waals surface area contributed by atoms with E-state index in [0.29, 0.717) is 31.7 Å². The highest BCUT2D eigenvalue weighted by Gasteiger charge is 2.22. The lowest BCUT2D eigenvalue weighted by molar-refractivity contribution is -0.00184. The highest BCUT2D eigenvalue weighted by atomic mass is 32.2. The molecule has 108 valence electrons. The molecule has 0 aromatic carbocycles. The number of nitrogens with zero attached hydrogens (tertiary/aromatic N) is 1. The fraction of sp³-hybridized carbons (Fsp3) is 1.00. The van der Waals surface area contributed by atoms with Crippen LogP contribution in [0, 0.1) is 5.92 Å². The molecule has 5 nitrogen and oxygen atoms in total. The average molecular weight is 278 g/mol. The molecular weight excluding hydrogens is 252 g/mol. The quantitative estimate of drug-likeness (QED) is 0.716. The van der Waals surface area contributed by atoms with Gasteiger partial charge in [0.25, 0.3) is 10.2 Å². The lowest BCUT2D eigenvalue weighted by Gasteiger charge is -2.28. The van der Waals surface area contributed by atoms with Crippen molar-refractivity contribution in [3.05, 3.63) is 0 Å². The first kappa shape index (κ1) is 15.9. The van der Waals surface area contributed by atoms with Crippen molar-refractivity contribution in [1.82, 2.24) is 9.03 Å². The van der Waals surface area contributed by atoms with E-state index in [0.717, 1.165) is 6.42 Å². The van der Waals surface area contributed by atoms with Crippen LogP contribution in [-0.2, 0) is 14.9 Å². The molecule has 2 unspecified atom stereocenters. The van der Waals surface area contributed by atoms with Gasteiger partial charge >= 0.3 is 0 Å². The Morgan fingerprint density at radius 2 is 2.00 bits per heavy atom. The minimum absolute atomic E-state index is 0.298. The summed E-state index contributed by atoms with van der Waals surface area (Å²) in [6, 6.07) is 0. The SMILES string of the molecule is CCN(C)S(=O)(=O)NCCOC1CCCCC1C. The van der Waals surface area contributed by atoms with Gasteiger partial charge in [-0.2, -0.15) is 17.4 Å². The molecule has 1 saturated carbocycles. The van der Waals surface area contributed by atoms with Crippen LogP contribution in [0.3, 0.4) is 0 Å². The summed E-state index contributed by atoms with van der Waals surface area (Å²) in [5, 5.41) is 0. The van der Waals surface area contributed by atoms with Crippen LogP contribution in [0.5, 0.6) is 0 Å². The van der Waals surface area contributed by atoms with Crippen molar-refractivity contribution in [1.29, 1.82) is 0 Å². The van der Waals surface area contributed by atoms with E-state index < -0.39 is 10.2 Å². The maximum Gasteiger partial charge on any atom is 0.279 e. The molecule has 1 rings (SSSR count). The number of hydrogen-bond acceptors (Lipinski definition) is 3. The molecule has 0 aromatic rings. The van der Waals surface area contributed by atoms with E-state index in [9.17, 15) is 8.42 Å². The molecule has 0 spiro atoms. The first-order valence-corrected chi connectivity index (χ1v) is 8.24. The smallest absolute Gasteiger partial charge is 0.279 e. The second-order valence-electron chi connectivity index (χ2n) is 4.98. The molecule has 1 N–H and O–H groups in total. The molecule has 1 aliphatic rings. The Morgan fingerprint density at radius 1 is 1.33 bits per heavy atom. The summed E-state index contributed by atoms with van der Waals surface area (Å²) >= 11 is 0. The highest BCUT2D eigenvalue weighted by Crippen LogP contribution is 2.25. The van der Waals surface area contributed by atoms with Gasteiger partial charge in [-0.05, 0) is 18.8 Å². The zero-order valence-electron chi connectivity index (χ0n) is 11.7. The van der Waals surface area contributed by atoms with Crippen molar-refractivity contribution in [3.63, 3.8) is 0 Å². The first-order chi connectivity index (χ1) is 8.47. The van der Waals surface area contributed by atoms with Gasteiger partial charge in [-0.25, -0.2) is 0 Å². The summed E-state index contributed by atoms with van der Waals surface area (Å²) in [5.74, 6) is 0.591. The summed E-state index contributed by atoms with van der Waals surface area (Å²) in [6.45, 7) is 5.27. The molecule has 0 radical (unpaired) electrons. The van der Waals surface area contributed by atoms with E-state index in [1.165, 1.54) is 23.6 Å². The van der Waals surface area contributed by atoms with E-state index >= 15 is 0 Å². The number of nitrogens with one attached hydrogen (secondary N) is 1. The zero-order valence-corrected chi connectivity index (χ0v) is 12.5. The molecule has 18 heavy (non-hydrogen) atoms. The zero-order chi connectivity index (χ0) is 13.6. The van der Waals surface area contributed by atoms with Crippen LogP contribution in [0.25, 0.3) is 0 Å². The second-order valence-corrected chi connectivity index (χ2v) is 6.85. The van der Waals surface area contributed by atoms with Crippen LogP contribution in [0.15, 0.2) is 0 Å². The van der Waals surface area contributed by atoms with Gasteiger partial charge in [0.1, 0.15) is 0 Å². The standard InChI is InChI=1S/C12H26N2O3S/c1-4-14(3)18(15,16)13-9-10-17-12-8-6-5-7-11(12)2/h11-13H,4-10H2,1-3H3. The Hall–Kier alpha value is -0.170. The van der Waals surface area contributed by atoms with Crippen LogP contribution in [0.1, 0.15) is 39.5 Å². The Kier molecular flexibility index (Phi) is 6.55. The van der Waals surface area contributed by atoms with Crippen LogP contribution >= 0.6 is 0 Å². The van der Waals surface area contributed by atoms with Gasteiger partial charge in [0.05, 0.1) is 12.7 Å². The third kappa shape index (κ3) is 4.84. The van der Waals surface area contributed by atoms with Crippen molar-refractivity contribution >= 4 is 10.2 Å². The minimum atomic E-state index is -3.32. The van der Waals surface area contributed by atoms with E-state index in [4.69, 9.17) is 4.74 Å². The normalized spacial score (nSPS) is 25.6. The average Bonchev–Trinajstić information content (AvgIpc) is 2.35. The van der Waals surface area contributed by atoms with E-state index in [-0.39, 0.29) is 0 Å². The topological polar surface area (TPSA) is 58.6 Å². The third-order valence-corrected chi connectivity index (χ3v) is 5.25. The molecule has 1 aliphatic carbocycles. The lowest BCUT2D eigenvalue weighted by atomic mass is 9.88. The number of hydrogen-bond donors (Lipinski definition) is 1. The van der Waals surface area contributed by atoms with E-state index in [2.05, 4.69) is 11.6 Å². The predicted molar refractivity (Wildman–Crippen MR) is 72.6 cm³/mol. The maximum atomic E-state index is 11.6. The van der Waals surface area contributed by atoms with Crippen molar-refractivity contribution < 1.29 is 13.2 Å². The van der Waals surface area contributed by atoms with Crippen LogP contribution in [0.4, 0.5) is 0 Å². The molecule has 0 saturated heterocycles. The molecule has 0 aliphatic heterocycles. The van der Waals surface area contributed by atoms with Crippen molar-refractivity contribution in [2.45, 2.75) is 45.6 Å². The second kappa shape index (κ2) is 7.43. The van der Waals surface area contributed by atoms with E-state index in [1.54, 1.807) is 14.0 Å². The van der Waals surface area contributed by atoms with Crippen LogP contribution < -0.4 is 4.72 Å². The molecule has 0 heterocycles. The highest BCUT2D eigenvalue weighted by molar-refractivity contribution is 7.87. The van der Waals surface area contributed by atoms with Gasteiger partial charge < -0.3 is 4.74 Å².